The van der Waals surface area contributed by atoms with Crippen molar-refractivity contribution in [3.8, 4) is 0 Å². The van der Waals surface area contributed by atoms with Gasteiger partial charge in [-0.05, 0) is 24.6 Å². The van der Waals surface area contributed by atoms with Crippen molar-refractivity contribution in [2.45, 2.75) is 11.3 Å². The minimum Gasteiger partial charge on any atom is -0.379 e. The van der Waals surface area contributed by atoms with Crippen molar-refractivity contribution in [1.29, 1.82) is 0 Å². The molecule has 1 aromatic rings. The van der Waals surface area contributed by atoms with Crippen molar-refractivity contribution in [2.24, 2.45) is 0 Å². The molecule has 1 aliphatic rings. The van der Waals surface area contributed by atoms with Crippen LogP contribution in [0.25, 0.3) is 0 Å². The first kappa shape index (κ1) is 15.6. The molecule has 0 bridgehead atoms. The minimum absolute atomic E-state index is 0.0215. The fraction of sp³-hybridized carbons (Fsp3) is 0.636. The molecule has 0 spiro atoms. The average molecular weight is 321 g/mol. The molecule has 0 radical (unpaired) electrons. The zero-order valence-corrected chi connectivity index (χ0v) is 12.5. The van der Waals surface area contributed by atoms with Crippen LogP contribution in [0.2, 0.25) is 5.28 Å². The summed E-state index contributed by atoms with van der Waals surface area (Å²) in [4.78, 5) is 9.59. The Kier molecular flexibility index (Phi) is 5.67. The molecule has 0 unspecified atom stereocenters. The molecule has 1 N–H and O–H groups in total. The number of halogens is 1. The summed E-state index contributed by atoms with van der Waals surface area (Å²) >= 11 is 5.52. The van der Waals surface area contributed by atoms with Crippen molar-refractivity contribution in [3.63, 3.8) is 0 Å². The van der Waals surface area contributed by atoms with Gasteiger partial charge in [0.25, 0.3) is 0 Å². The van der Waals surface area contributed by atoms with Crippen molar-refractivity contribution in [1.82, 2.24) is 19.6 Å². The van der Waals surface area contributed by atoms with Crippen LogP contribution in [0.1, 0.15) is 6.42 Å². The van der Waals surface area contributed by atoms with E-state index in [2.05, 4.69) is 19.6 Å². The SMILES string of the molecule is O=S(=O)(NCCCN1CCOCC1)c1cnc(Cl)nc1. The van der Waals surface area contributed by atoms with Crippen LogP contribution in [-0.4, -0.2) is 62.7 Å². The van der Waals surface area contributed by atoms with E-state index in [0.717, 1.165) is 39.3 Å². The lowest BCUT2D eigenvalue weighted by molar-refractivity contribution is 0.0376. The monoisotopic (exact) mass is 320 g/mol. The summed E-state index contributed by atoms with van der Waals surface area (Å²) in [5.74, 6) is 0. The van der Waals surface area contributed by atoms with Gasteiger partial charge in [-0.2, -0.15) is 0 Å². The van der Waals surface area contributed by atoms with E-state index < -0.39 is 10.0 Å². The van der Waals surface area contributed by atoms with E-state index in [1.165, 1.54) is 12.4 Å². The Bertz CT molecular complexity index is 517. The highest BCUT2D eigenvalue weighted by molar-refractivity contribution is 7.89. The lowest BCUT2D eigenvalue weighted by atomic mass is 10.3. The molecular weight excluding hydrogens is 304 g/mol. The zero-order chi connectivity index (χ0) is 14.4. The van der Waals surface area contributed by atoms with E-state index in [1.54, 1.807) is 0 Å². The number of aromatic nitrogens is 2. The van der Waals surface area contributed by atoms with Gasteiger partial charge in [-0.3, -0.25) is 4.90 Å². The van der Waals surface area contributed by atoms with Gasteiger partial charge < -0.3 is 4.74 Å². The van der Waals surface area contributed by atoms with Gasteiger partial charge in [-0.1, -0.05) is 0 Å². The van der Waals surface area contributed by atoms with E-state index in [1.807, 2.05) is 0 Å². The van der Waals surface area contributed by atoms with E-state index in [0.29, 0.717) is 6.54 Å². The predicted molar refractivity (Wildman–Crippen MR) is 74.1 cm³/mol. The summed E-state index contributed by atoms with van der Waals surface area (Å²) in [6, 6.07) is 0. The summed E-state index contributed by atoms with van der Waals surface area (Å²) in [5, 5.41) is 0.0243. The Morgan fingerprint density at radius 3 is 2.60 bits per heavy atom. The molecule has 0 aromatic carbocycles. The zero-order valence-electron chi connectivity index (χ0n) is 11.0. The third kappa shape index (κ3) is 4.64. The highest BCUT2D eigenvalue weighted by Crippen LogP contribution is 2.07. The fourth-order valence-corrected chi connectivity index (χ4v) is 2.92. The number of hydrogen-bond donors (Lipinski definition) is 1. The molecule has 0 amide bonds. The molecule has 1 aromatic heterocycles. The third-order valence-corrected chi connectivity index (χ3v) is 4.56. The number of morpholine rings is 1. The maximum Gasteiger partial charge on any atom is 0.243 e. The number of sulfonamides is 1. The first-order valence-corrected chi connectivity index (χ1v) is 8.21. The summed E-state index contributed by atoms with van der Waals surface area (Å²) in [7, 11) is -3.56. The standard InChI is InChI=1S/C11H17ClN4O3S/c12-11-13-8-10(9-14-11)20(17,18)15-2-1-3-16-4-6-19-7-5-16/h8-9,15H,1-7H2. The largest absolute Gasteiger partial charge is 0.379 e. The number of hydrogen-bond acceptors (Lipinski definition) is 6. The maximum absolute atomic E-state index is 11.9. The van der Waals surface area contributed by atoms with E-state index in [9.17, 15) is 8.42 Å². The molecule has 112 valence electrons. The lowest BCUT2D eigenvalue weighted by Gasteiger charge is -2.26. The summed E-state index contributed by atoms with van der Waals surface area (Å²) in [5.41, 5.74) is 0. The molecule has 0 saturated carbocycles. The molecular formula is C11H17ClN4O3S. The molecule has 20 heavy (non-hydrogen) atoms. The quantitative estimate of drug-likeness (QED) is 0.592. The smallest absolute Gasteiger partial charge is 0.243 e. The van der Waals surface area contributed by atoms with Crippen molar-refractivity contribution in [2.75, 3.05) is 39.4 Å². The summed E-state index contributed by atoms with van der Waals surface area (Å²) in [6.45, 7) is 4.52. The topological polar surface area (TPSA) is 84.4 Å². The van der Waals surface area contributed by atoms with Crippen LogP contribution in [0.5, 0.6) is 0 Å². The van der Waals surface area contributed by atoms with Crippen LogP contribution in [-0.2, 0) is 14.8 Å². The number of rotatable bonds is 6. The first-order valence-electron chi connectivity index (χ1n) is 6.35. The number of nitrogens with one attached hydrogen (secondary N) is 1. The van der Waals surface area contributed by atoms with Crippen molar-refractivity contribution in [3.05, 3.63) is 17.7 Å². The van der Waals surface area contributed by atoms with Crippen LogP contribution < -0.4 is 4.72 Å². The van der Waals surface area contributed by atoms with Crippen LogP contribution in [0, 0.1) is 0 Å². The Balaban J connectivity index is 1.76. The Labute approximate surface area is 123 Å². The second kappa shape index (κ2) is 7.28. The van der Waals surface area contributed by atoms with Crippen LogP contribution >= 0.6 is 11.6 Å². The van der Waals surface area contributed by atoms with Gasteiger partial charge in [0, 0.05) is 19.6 Å². The second-order valence-corrected chi connectivity index (χ2v) is 6.50. The van der Waals surface area contributed by atoms with Gasteiger partial charge in [0.15, 0.2) is 0 Å². The van der Waals surface area contributed by atoms with Crippen LogP contribution in [0.15, 0.2) is 17.3 Å². The summed E-state index contributed by atoms with van der Waals surface area (Å²) < 4.78 is 31.6. The molecule has 9 heteroatoms. The Morgan fingerprint density at radius 2 is 1.95 bits per heavy atom. The summed E-state index contributed by atoms with van der Waals surface area (Å²) in [6.07, 6.45) is 3.13. The van der Waals surface area contributed by atoms with Gasteiger partial charge in [0.05, 0.1) is 25.6 Å². The van der Waals surface area contributed by atoms with Gasteiger partial charge in [0.2, 0.25) is 15.3 Å². The van der Waals surface area contributed by atoms with Gasteiger partial charge >= 0.3 is 0 Å². The molecule has 2 heterocycles. The molecule has 1 saturated heterocycles. The van der Waals surface area contributed by atoms with Crippen LogP contribution in [0.3, 0.4) is 0 Å². The van der Waals surface area contributed by atoms with Crippen molar-refractivity contribution >= 4 is 21.6 Å². The molecule has 0 aliphatic carbocycles. The van der Waals surface area contributed by atoms with Gasteiger partial charge in [0.1, 0.15) is 4.90 Å². The molecule has 1 fully saturated rings. The highest BCUT2D eigenvalue weighted by atomic mass is 35.5. The number of nitrogens with zero attached hydrogens (tertiary/aromatic N) is 3. The normalized spacial score (nSPS) is 17.2. The molecule has 1 aliphatic heterocycles. The van der Waals surface area contributed by atoms with E-state index in [4.69, 9.17) is 16.3 Å². The van der Waals surface area contributed by atoms with Gasteiger partial charge in [-0.25, -0.2) is 23.1 Å². The van der Waals surface area contributed by atoms with Gasteiger partial charge in [-0.15, -0.1) is 0 Å². The molecule has 2 rings (SSSR count). The van der Waals surface area contributed by atoms with E-state index >= 15 is 0 Å². The maximum atomic E-state index is 11.9. The average Bonchev–Trinajstić information content (AvgIpc) is 2.45. The first-order chi connectivity index (χ1) is 9.58. The van der Waals surface area contributed by atoms with Crippen LogP contribution in [0.4, 0.5) is 0 Å². The third-order valence-electron chi connectivity index (χ3n) is 2.95. The molecule has 0 atom stereocenters. The molecule has 7 nitrogen and oxygen atoms in total. The highest BCUT2D eigenvalue weighted by Gasteiger charge is 2.15. The lowest BCUT2D eigenvalue weighted by Crippen LogP contribution is -2.38. The minimum atomic E-state index is -3.56. The van der Waals surface area contributed by atoms with E-state index in [-0.39, 0.29) is 10.2 Å². The van der Waals surface area contributed by atoms with Crippen molar-refractivity contribution < 1.29 is 13.2 Å². The predicted octanol–water partition coefficient (Wildman–Crippen LogP) is 0.131. The second-order valence-electron chi connectivity index (χ2n) is 4.39. The number of ether oxygens (including phenoxy) is 1. The Morgan fingerprint density at radius 1 is 1.30 bits per heavy atom. The fourth-order valence-electron chi connectivity index (χ4n) is 1.86. The Hall–Kier alpha value is -0.800.